The number of rotatable bonds is 33. The fourth-order valence-electron chi connectivity index (χ4n) is 11.3. The van der Waals surface area contributed by atoms with E-state index in [9.17, 15) is 52.7 Å². The SMILES string of the molecule is NC(=O)CC[C@@H]1CC(=O)[C@@H](N)CCCCNC(=O)C[C@@H](C(=O)C[C@@H](CCCN=C(N)N)C(=O)N[C@@H](CCCN=C(N)N)C(=O)c2nccs2)NC1=O.NC(=O)CC[C@H](NC(=O)OCC1c2ccccc2-c2ccccc21)C(=O)C[C@@H](CCCN=C(N)N)C(=O)c1nc2ccccc2s1. The number of para-hydroxylation sites is 1. The summed E-state index contributed by atoms with van der Waals surface area (Å²) in [4.78, 5) is 165. The number of hydrogen-bond acceptors (Lipinski definition) is 20. The number of hydrogen-bond donors (Lipinski definition) is 13. The molecule has 1 aliphatic heterocycles. The van der Waals surface area contributed by atoms with E-state index in [0.717, 1.165) is 38.3 Å². The normalized spacial score (nSPS) is 16.8. The van der Waals surface area contributed by atoms with Gasteiger partial charge in [0.15, 0.2) is 45.2 Å². The number of guanidine groups is 3. The van der Waals surface area contributed by atoms with Gasteiger partial charge in [0.1, 0.15) is 12.4 Å². The number of aliphatic imine (C=N–C) groups is 3. The summed E-state index contributed by atoms with van der Waals surface area (Å²) in [6.07, 6.45) is 1.85. The summed E-state index contributed by atoms with van der Waals surface area (Å²) in [7, 11) is 0. The number of nitrogens with two attached hydrogens (primary N) is 9. The molecule has 7 rings (SSSR count). The summed E-state index contributed by atoms with van der Waals surface area (Å²) in [5.74, 6) is -8.74. The highest BCUT2D eigenvalue weighted by molar-refractivity contribution is 7.20. The van der Waals surface area contributed by atoms with Gasteiger partial charge in [-0.3, -0.25) is 62.9 Å². The Balaban J connectivity index is 0.000000311. The number of primary amides is 2. The van der Waals surface area contributed by atoms with Crippen LogP contribution in [0.4, 0.5) is 4.79 Å². The summed E-state index contributed by atoms with van der Waals surface area (Å²) in [6, 6.07) is 19.0. The molecule has 0 unspecified atom stereocenters. The van der Waals surface area contributed by atoms with E-state index in [2.05, 4.69) is 46.2 Å². The Bertz CT molecular complexity index is 3620. The third-order valence-electron chi connectivity index (χ3n) is 16.4. The van der Waals surface area contributed by atoms with E-state index in [1.807, 2.05) is 72.8 Å². The second-order valence-corrected chi connectivity index (χ2v) is 25.7. The summed E-state index contributed by atoms with van der Waals surface area (Å²) in [6.45, 7) is 0.926. The van der Waals surface area contributed by atoms with Crippen molar-refractivity contribution >= 4 is 115 Å². The molecule has 22 N–H and O–H groups in total. The minimum atomic E-state index is -1.39. The first-order chi connectivity index (χ1) is 46.9. The number of thiazole rings is 2. The Hall–Kier alpha value is -10.1. The van der Waals surface area contributed by atoms with Crippen LogP contribution in [0.25, 0.3) is 21.3 Å². The highest BCUT2D eigenvalue weighted by Gasteiger charge is 2.36. The van der Waals surface area contributed by atoms with E-state index in [0.29, 0.717) is 49.0 Å². The molecule has 7 atom stereocenters. The quantitative estimate of drug-likeness (QED) is 0.0124. The maximum absolute atomic E-state index is 13.9. The number of amides is 6. The third kappa shape index (κ3) is 24.8. The van der Waals surface area contributed by atoms with Gasteiger partial charge in [-0.2, -0.15) is 0 Å². The van der Waals surface area contributed by atoms with Gasteiger partial charge in [0.2, 0.25) is 35.3 Å². The zero-order valence-corrected chi connectivity index (χ0v) is 56.0. The molecule has 0 bridgehead atoms. The van der Waals surface area contributed by atoms with E-state index in [4.69, 9.17) is 56.3 Å². The highest BCUT2D eigenvalue weighted by atomic mass is 32.1. The number of carbonyl (C=O) groups excluding carboxylic acids is 11. The molecule has 2 aliphatic rings. The molecule has 3 heterocycles. The summed E-state index contributed by atoms with van der Waals surface area (Å²) in [5.41, 5.74) is 54.3. The number of carbonyl (C=O) groups is 11. The van der Waals surface area contributed by atoms with E-state index < -0.39 is 108 Å². The van der Waals surface area contributed by atoms with Gasteiger partial charge in [-0.05, 0) is 105 Å². The lowest BCUT2D eigenvalue weighted by Gasteiger charge is -2.25. The average Bonchev–Trinajstić information content (AvgIpc) is 1.62. The number of fused-ring (bicyclic) bond motifs is 4. The summed E-state index contributed by atoms with van der Waals surface area (Å²) in [5, 5.41) is 12.8. The number of aromatic nitrogens is 2. The maximum atomic E-state index is 13.9. The van der Waals surface area contributed by atoms with Crippen molar-refractivity contribution in [3.05, 3.63) is 106 Å². The number of ketones is 5. The van der Waals surface area contributed by atoms with Crippen molar-refractivity contribution < 1.29 is 57.5 Å². The van der Waals surface area contributed by atoms with Gasteiger partial charge in [0, 0.05) is 93.5 Å². The number of nitrogens with zero attached hydrogens (tertiary/aromatic N) is 5. The van der Waals surface area contributed by atoms with Crippen LogP contribution in [0.2, 0.25) is 0 Å². The molecule has 32 heteroatoms. The number of Topliss-reactive ketones (excluding diaryl/α,β-unsaturated/α-hetero) is 5. The molecule has 98 heavy (non-hydrogen) atoms. The predicted molar refractivity (Wildman–Crippen MR) is 372 cm³/mol. The minimum absolute atomic E-state index is 0.0333. The lowest BCUT2D eigenvalue weighted by Crippen LogP contribution is -2.49. The van der Waals surface area contributed by atoms with Crippen LogP contribution >= 0.6 is 22.7 Å². The number of alkyl carbamates (subject to hydrolysis) is 1. The molecule has 1 fully saturated rings. The monoisotopic (exact) mass is 1390 g/mol. The molecule has 0 saturated carbocycles. The molecule has 526 valence electrons. The van der Waals surface area contributed by atoms with Gasteiger partial charge >= 0.3 is 6.09 Å². The van der Waals surface area contributed by atoms with Crippen LogP contribution in [-0.2, 0) is 43.1 Å². The second kappa shape index (κ2) is 39.2. The fourth-order valence-corrected chi connectivity index (χ4v) is 12.9. The Morgan fingerprint density at radius 2 is 1.26 bits per heavy atom. The van der Waals surface area contributed by atoms with Crippen molar-refractivity contribution in [1.82, 2.24) is 31.2 Å². The van der Waals surface area contributed by atoms with Crippen LogP contribution in [-0.4, -0.2) is 149 Å². The van der Waals surface area contributed by atoms with Crippen LogP contribution in [0.1, 0.15) is 146 Å². The molecular formula is C66H88N18O12S2. The smallest absolute Gasteiger partial charge is 0.407 e. The number of benzene rings is 3. The van der Waals surface area contributed by atoms with Crippen molar-refractivity contribution in [3.63, 3.8) is 0 Å². The predicted octanol–water partition coefficient (Wildman–Crippen LogP) is 2.12. The van der Waals surface area contributed by atoms with Crippen molar-refractivity contribution in [1.29, 1.82) is 0 Å². The topological polar surface area (TPSA) is 542 Å². The highest BCUT2D eigenvalue weighted by Crippen LogP contribution is 2.44. The molecule has 5 aromatic rings. The molecule has 0 spiro atoms. The fraction of sp³-hybridized carbons (Fsp3) is 0.455. The largest absolute Gasteiger partial charge is 0.449 e. The molecular weight excluding hydrogens is 1300 g/mol. The zero-order valence-electron chi connectivity index (χ0n) is 54.4. The molecule has 30 nitrogen and oxygen atoms in total. The maximum Gasteiger partial charge on any atom is 0.407 e. The van der Waals surface area contributed by atoms with Crippen molar-refractivity contribution in [2.24, 2.45) is 84.3 Å². The van der Waals surface area contributed by atoms with E-state index >= 15 is 0 Å². The first-order valence-corrected chi connectivity index (χ1v) is 34.0. The van der Waals surface area contributed by atoms with Crippen LogP contribution in [0, 0.1) is 17.8 Å². The Morgan fingerprint density at radius 1 is 0.653 bits per heavy atom. The van der Waals surface area contributed by atoms with E-state index in [-0.39, 0.29) is 131 Å². The van der Waals surface area contributed by atoms with Gasteiger partial charge in [-0.25, -0.2) is 14.8 Å². The Labute approximate surface area is 574 Å². The molecule has 6 amide bonds. The summed E-state index contributed by atoms with van der Waals surface area (Å²) >= 11 is 2.36. The number of nitrogens with one attached hydrogen (secondary N) is 4. The molecule has 1 saturated heterocycles. The van der Waals surface area contributed by atoms with E-state index in [1.54, 1.807) is 5.38 Å². The van der Waals surface area contributed by atoms with E-state index in [1.165, 1.54) is 17.5 Å². The van der Waals surface area contributed by atoms with Gasteiger partial charge in [0.25, 0.3) is 0 Å². The van der Waals surface area contributed by atoms with Crippen molar-refractivity contribution in [3.8, 4) is 11.1 Å². The van der Waals surface area contributed by atoms with Crippen LogP contribution in [0.3, 0.4) is 0 Å². The standard InChI is InChI=1S/C34H36N6O5S.C32H52N12O7S/c35-30(42)16-15-26(40-34(44)45-19-25-23-11-3-1-9-21(23)22-10-2-4-12-24(22)25)28(41)18-20(8-7-17-38-33(36)37)31(43)32-39-27-13-5-6-14-29(27)46-32;33-20-6-1-2-10-39-26(48)17-22(44-29(51)19(15-23(20)45)8-9-25(34)47)24(46)16-18(5-3-11-41-31(35)36)28(50)43-21(7-4-12-42-32(37)38)27(49)30-40-13-14-52-30/h1-6,9-14,20,25-26H,7-8,15-19H2,(H2,35,42)(H,40,44)(H4,36,37,38);13-14,18-22H,1-12,15-17,33H2,(H2,34,47)(H,39,48)(H,43,50)(H,44,51)(H4,35,36,41)(H4,37,38,42)/t20-,26+;18-,19-,20+,21+,22+/m11/s1. The average molecular weight is 1390 g/mol. The van der Waals surface area contributed by atoms with Crippen molar-refractivity contribution in [2.75, 3.05) is 32.8 Å². The lowest BCUT2D eigenvalue weighted by molar-refractivity contribution is -0.136. The first kappa shape index (κ1) is 76.9. The molecule has 2 aromatic heterocycles. The summed E-state index contributed by atoms with van der Waals surface area (Å²) < 4.78 is 6.51. The van der Waals surface area contributed by atoms with Gasteiger partial charge in [-0.15, -0.1) is 22.7 Å². The van der Waals surface area contributed by atoms with Gasteiger partial charge < -0.3 is 77.6 Å². The van der Waals surface area contributed by atoms with Crippen LogP contribution in [0.5, 0.6) is 0 Å². The second-order valence-electron chi connectivity index (χ2n) is 23.8. The molecule has 3 aromatic carbocycles. The Kier molecular flexibility index (Phi) is 30.8. The van der Waals surface area contributed by atoms with Crippen LogP contribution < -0.4 is 72.9 Å². The van der Waals surface area contributed by atoms with Crippen LogP contribution in [0.15, 0.2) is 99.4 Å². The zero-order chi connectivity index (χ0) is 71.3. The number of ether oxygens (including phenoxy) is 1. The lowest BCUT2D eigenvalue weighted by atomic mass is 9.89. The van der Waals surface area contributed by atoms with Crippen molar-refractivity contribution in [2.45, 2.75) is 139 Å². The molecule has 1 aliphatic carbocycles. The third-order valence-corrected chi connectivity index (χ3v) is 18.2. The van der Waals surface area contributed by atoms with Gasteiger partial charge in [-0.1, -0.05) is 60.7 Å². The Morgan fingerprint density at radius 3 is 1.86 bits per heavy atom. The minimum Gasteiger partial charge on any atom is -0.449 e. The first-order valence-electron chi connectivity index (χ1n) is 32.3. The van der Waals surface area contributed by atoms with Gasteiger partial charge in [0.05, 0.1) is 40.8 Å². The molecule has 0 radical (unpaired) electrons.